The van der Waals surface area contributed by atoms with Crippen molar-refractivity contribution < 1.29 is 0 Å². The molecule has 0 spiro atoms. The van der Waals surface area contributed by atoms with E-state index in [1.54, 1.807) is 0 Å². The van der Waals surface area contributed by atoms with E-state index in [0.29, 0.717) is 0 Å². The third kappa shape index (κ3) is 5.23. The van der Waals surface area contributed by atoms with E-state index in [1.807, 2.05) is 11.3 Å². The van der Waals surface area contributed by atoms with Crippen LogP contribution in [-0.2, 0) is 5.41 Å². The van der Waals surface area contributed by atoms with Crippen LogP contribution in [-0.4, -0.2) is 0 Å². The molecular weight excluding hydrogens is 731 g/mol. The van der Waals surface area contributed by atoms with Gasteiger partial charge in [-0.2, -0.15) is 0 Å². The molecule has 0 atom stereocenters. The highest BCUT2D eigenvalue weighted by atomic mass is 32.1. The molecule has 1 aliphatic carbocycles. The number of hydrogen-bond donors (Lipinski definition) is 0. The number of benzene rings is 10. The van der Waals surface area contributed by atoms with Gasteiger partial charge in [0.25, 0.3) is 0 Å². The van der Waals surface area contributed by atoms with E-state index in [2.05, 4.69) is 219 Å². The summed E-state index contributed by atoms with van der Waals surface area (Å²) in [6.07, 6.45) is 0. The Kier molecular flexibility index (Phi) is 7.51. The molecule has 278 valence electrons. The molecule has 0 saturated heterocycles. The molecule has 11 aromatic rings. The third-order valence-electron chi connectivity index (χ3n) is 12.8. The van der Waals surface area contributed by atoms with E-state index in [0.717, 1.165) is 17.1 Å². The highest BCUT2D eigenvalue weighted by Gasteiger charge is 2.36. The average Bonchev–Trinajstić information content (AvgIpc) is 3.77. The molecule has 0 bridgehead atoms. The summed E-state index contributed by atoms with van der Waals surface area (Å²) in [5.74, 6) is 0. The summed E-state index contributed by atoms with van der Waals surface area (Å²) in [6.45, 7) is 4.75. The molecule has 0 N–H and O–H groups in total. The Labute approximate surface area is 348 Å². The second-order valence-electron chi connectivity index (χ2n) is 16.5. The summed E-state index contributed by atoms with van der Waals surface area (Å²) < 4.78 is 2.59. The first-order valence-corrected chi connectivity index (χ1v) is 21.3. The van der Waals surface area contributed by atoms with Gasteiger partial charge in [0.1, 0.15) is 0 Å². The monoisotopic (exact) mass is 769 g/mol. The van der Waals surface area contributed by atoms with Crippen molar-refractivity contribution in [2.75, 3.05) is 4.90 Å². The number of rotatable bonds is 5. The van der Waals surface area contributed by atoms with Crippen LogP contribution in [0.25, 0.3) is 85.9 Å². The Bertz CT molecular complexity index is 3500. The number of thiophene rings is 1. The van der Waals surface area contributed by atoms with Crippen molar-refractivity contribution in [2.24, 2.45) is 0 Å². The Morgan fingerprint density at radius 3 is 1.90 bits per heavy atom. The van der Waals surface area contributed by atoms with Gasteiger partial charge in [-0.25, -0.2) is 0 Å². The zero-order chi connectivity index (χ0) is 39.2. The maximum absolute atomic E-state index is 2.53. The van der Waals surface area contributed by atoms with E-state index in [-0.39, 0.29) is 5.41 Å². The molecule has 0 amide bonds. The summed E-state index contributed by atoms with van der Waals surface area (Å²) in [5, 5.41) is 10.1. The molecule has 1 nitrogen and oxygen atoms in total. The molecule has 0 aliphatic heterocycles. The SMILES string of the molecule is CC1(C)c2ccccc2-c2ccc(N(c3ccc4c(c3)sc3ccccc34)c3cccc(-c4cc5ccccc5c5ccccc45)c3-c3ccc4ccccc4c3)cc21. The van der Waals surface area contributed by atoms with Crippen LogP contribution >= 0.6 is 11.3 Å². The maximum Gasteiger partial charge on any atom is 0.0546 e. The van der Waals surface area contributed by atoms with E-state index in [4.69, 9.17) is 0 Å². The zero-order valence-corrected chi connectivity index (χ0v) is 33.7. The van der Waals surface area contributed by atoms with Crippen molar-refractivity contribution in [3.8, 4) is 33.4 Å². The van der Waals surface area contributed by atoms with Gasteiger partial charge in [0.05, 0.1) is 5.69 Å². The van der Waals surface area contributed by atoms with Gasteiger partial charge in [-0.15, -0.1) is 11.3 Å². The largest absolute Gasteiger partial charge is 0.310 e. The third-order valence-corrected chi connectivity index (χ3v) is 14.0. The lowest BCUT2D eigenvalue weighted by Crippen LogP contribution is -2.17. The van der Waals surface area contributed by atoms with Crippen molar-refractivity contribution in [3.63, 3.8) is 0 Å². The van der Waals surface area contributed by atoms with Gasteiger partial charge in [0, 0.05) is 42.5 Å². The van der Waals surface area contributed by atoms with Crippen LogP contribution in [0, 0.1) is 0 Å². The average molecular weight is 770 g/mol. The van der Waals surface area contributed by atoms with Crippen molar-refractivity contribution in [1.29, 1.82) is 0 Å². The van der Waals surface area contributed by atoms with Crippen molar-refractivity contribution >= 4 is 80.9 Å². The number of hydrogen-bond acceptors (Lipinski definition) is 2. The van der Waals surface area contributed by atoms with Crippen molar-refractivity contribution in [1.82, 2.24) is 0 Å². The van der Waals surface area contributed by atoms with Crippen molar-refractivity contribution in [3.05, 3.63) is 211 Å². The molecule has 0 saturated carbocycles. The van der Waals surface area contributed by atoms with Gasteiger partial charge < -0.3 is 4.90 Å². The standard InChI is InChI=1S/C57H39NS/c1-57(2)51-23-11-9-20-45(51)46-30-28-40(34-52(46)57)58(41-29-31-48-47-21-10-12-25-54(47)59-55(48)35-41)53-24-13-22-49(56(53)39-27-26-36-14-3-4-15-37(36)32-39)50-33-38-16-5-6-17-42(38)43-18-7-8-19-44(43)50/h3-35H,1-2H3. The van der Waals surface area contributed by atoms with Crippen LogP contribution in [0.3, 0.4) is 0 Å². The lowest BCUT2D eigenvalue weighted by Gasteiger charge is -2.31. The smallest absolute Gasteiger partial charge is 0.0546 e. The molecule has 1 aromatic heterocycles. The summed E-state index contributed by atoms with van der Waals surface area (Å²) in [4.78, 5) is 2.53. The lowest BCUT2D eigenvalue weighted by atomic mass is 9.82. The Morgan fingerprint density at radius 1 is 0.373 bits per heavy atom. The van der Waals surface area contributed by atoms with Gasteiger partial charge >= 0.3 is 0 Å². The molecule has 12 rings (SSSR count). The van der Waals surface area contributed by atoms with Gasteiger partial charge in [0.2, 0.25) is 0 Å². The summed E-state index contributed by atoms with van der Waals surface area (Å²) in [5.41, 5.74) is 13.5. The van der Waals surface area contributed by atoms with Crippen LogP contribution in [0.1, 0.15) is 25.0 Å². The fourth-order valence-corrected chi connectivity index (χ4v) is 11.1. The molecule has 0 radical (unpaired) electrons. The Morgan fingerprint density at radius 2 is 1.02 bits per heavy atom. The summed E-state index contributed by atoms with van der Waals surface area (Å²) in [7, 11) is 0. The predicted molar refractivity (Wildman–Crippen MR) is 255 cm³/mol. The number of fused-ring (bicyclic) bond motifs is 10. The van der Waals surface area contributed by atoms with Gasteiger partial charge in [-0.05, 0) is 120 Å². The minimum atomic E-state index is -0.143. The molecule has 59 heavy (non-hydrogen) atoms. The zero-order valence-electron chi connectivity index (χ0n) is 32.9. The van der Waals surface area contributed by atoms with Gasteiger partial charge in [-0.3, -0.25) is 0 Å². The normalized spacial score (nSPS) is 13.1. The van der Waals surface area contributed by atoms with Crippen LogP contribution in [0.15, 0.2) is 200 Å². The lowest BCUT2D eigenvalue weighted by molar-refractivity contribution is 0.660. The van der Waals surface area contributed by atoms with Crippen LogP contribution in [0.5, 0.6) is 0 Å². The fraction of sp³-hybridized carbons (Fsp3) is 0.0526. The fourth-order valence-electron chi connectivity index (χ4n) is 9.99. The topological polar surface area (TPSA) is 3.24 Å². The predicted octanol–water partition coefficient (Wildman–Crippen LogP) is 16.6. The Hall–Kier alpha value is -7.00. The van der Waals surface area contributed by atoms with E-state index in [1.165, 1.54) is 97.0 Å². The minimum absolute atomic E-state index is 0.143. The molecule has 1 heterocycles. The molecule has 10 aromatic carbocycles. The van der Waals surface area contributed by atoms with E-state index >= 15 is 0 Å². The van der Waals surface area contributed by atoms with Gasteiger partial charge in [-0.1, -0.05) is 166 Å². The molecular formula is C57H39NS. The molecule has 0 unspecified atom stereocenters. The van der Waals surface area contributed by atoms with Crippen molar-refractivity contribution in [2.45, 2.75) is 19.3 Å². The first-order chi connectivity index (χ1) is 29.0. The first-order valence-electron chi connectivity index (χ1n) is 20.5. The van der Waals surface area contributed by atoms with E-state index < -0.39 is 0 Å². The Balaban J connectivity index is 1.18. The van der Waals surface area contributed by atoms with Crippen LogP contribution < -0.4 is 4.90 Å². The van der Waals surface area contributed by atoms with Gasteiger partial charge in [0.15, 0.2) is 0 Å². The van der Waals surface area contributed by atoms with Crippen LogP contribution in [0.2, 0.25) is 0 Å². The molecule has 1 aliphatic rings. The quantitative estimate of drug-likeness (QED) is 0.158. The second kappa shape index (κ2) is 13.0. The van der Waals surface area contributed by atoms with Crippen LogP contribution in [0.4, 0.5) is 17.1 Å². The molecule has 2 heteroatoms. The summed E-state index contributed by atoms with van der Waals surface area (Å²) >= 11 is 1.87. The summed E-state index contributed by atoms with van der Waals surface area (Å²) in [6, 6.07) is 74.7. The maximum atomic E-state index is 2.53. The van der Waals surface area contributed by atoms with E-state index in [9.17, 15) is 0 Å². The first kappa shape index (κ1) is 34.1. The second-order valence-corrected chi connectivity index (χ2v) is 17.6. The highest BCUT2D eigenvalue weighted by molar-refractivity contribution is 7.25. The number of nitrogens with zero attached hydrogens (tertiary/aromatic N) is 1. The highest BCUT2D eigenvalue weighted by Crippen LogP contribution is 2.53. The minimum Gasteiger partial charge on any atom is -0.310 e. The molecule has 0 fully saturated rings. The number of anilines is 3.